The lowest BCUT2D eigenvalue weighted by atomic mass is 9.79. The molecule has 28 heavy (non-hydrogen) atoms. The van der Waals surface area contributed by atoms with Crippen molar-refractivity contribution in [3.05, 3.63) is 28.8 Å². The summed E-state index contributed by atoms with van der Waals surface area (Å²) >= 11 is 0. The van der Waals surface area contributed by atoms with E-state index in [1.165, 1.54) is 6.21 Å². The monoisotopic (exact) mass is 395 g/mol. The molecule has 1 aliphatic heterocycles. The number of rotatable bonds is 3. The van der Waals surface area contributed by atoms with Crippen molar-refractivity contribution >= 4 is 6.21 Å². The number of phenols is 1. The van der Waals surface area contributed by atoms with Crippen molar-refractivity contribution in [1.82, 2.24) is 0 Å². The maximum atomic E-state index is 10.8. The fourth-order valence-corrected chi connectivity index (χ4v) is 3.17. The molecule has 0 aliphatic carbocycles. The lowest BCUT2D eigenvalue weighted by Gasteiger charge is -2.38. The molecule has 0 spiro atoms. The Hall–Kier alpha value is -1.51. The van der Waals surface area contributed by atoms with Gasteiger partial charge in [0, 0.05) is 17.3 Å². The van der Waals surface area contributed by atoms with Gasteiger partial charge in [0.2, 0.25) is 0 Å². The fourth-order valence-electron chi connectivity index (χ4n) is 3.17. The smallest absolute Gasteiger partial charge is 0.180 e. The van der Waals surface area contributed by atoms with Gasteiger partial charge in [0.25, 0.3) is 0 Å². The number of ether oxygens (including phenoxy) is 1. The van der Waals surface area contributed by atoms with Crippen LogP contribution in [0.2, 0.25) is 0 Å². The summed E-state index contributed by atoms with van der Waals surface area (Å²) in [5.74, 6) is 0.0822. The Morgan fingerprint density at radius 3 is 2.11 bits per heavy atom. The lowest BCUT2D eigenvalue weighted by molar-refractivity contribution is -0.248. The van der Waals surface area contributed by atoms with Crippen LogP contribution in [-0.2, 0) is 15.6 Å². The van der Waals surface area contributed by atoms with Gasteiger partial charge in [-0.2, -0.15) is 0 Å². The molecule has 0 aromatic heterocycles. The number of aromatic hydroxyl groups is 1. The largest absolute Gasteiger partial charge is 0.507 e. The van der Waals surface area contributed by atoms with Crippen LogP contribution in [0.3, 0.4) is 0 Å². The third-order valence-corrected chi connectivity index (χ3v) is 5.07. The van der Waals surface area contributed by atoms with E-state index in [0.29, 0.717) is 5.56 Å². The molecule has 2 rings (SSSR count). The summed E-state index contributed by atoms with van der Waals surface area (Å²) in [6.07, 6.45) is -3.97. The number of benzene rings is 1. The summed E-state index contributed by atoms with van der Waals surface area (Å²) in [5, 5.41) is 50.3. The number of hydrogen-bond acceptors (Lipinski definition) is 7. The predicted molar refractivity (Wildman–Crippen MR) is 107 cm³/mol. The van der Waals surface area contributed by atoms with E-state index in [1.807, 2.05) is 32.9 Å². The highest BCUT2D eigenvalue weighted by Crippen LogP contribution is 2.37. The average Bonchev–Trinajstić information content (AvgIpc) is 2.57. The van der Waals surface area contributed by atoms with Crippen molar-refractivity contribution in [3.8, 4) is 5.75 Å². The molecule has 7 heteroatoms. The summed E-state index contributed by atoms with van der Waals surface area (Å²) in [4.78, 5) is 4.19. The van der Waals surface area contributed by atoms with Crippen LogP contribution in [0.5, 0.6) is 5.75 Å². The first-order valence-electron chi connectivity index (χ1n) is 9.49. The molecule has 0 amide bonds. The number of phenolic OH excluding ortho intramolecular Hbond substituents is 1. The summed E-state index contributed by atoms with van der Waals surface area (Å²) in [5.41, 5.74) is 1.77. The number of aliphatic imine (C=N–C) groups is 1. The van der Waals surface area contributed by atoms with Gasteiger partial charge in [-0.05, 0) is 22.5 Å². The minimum Gasteiger partial charge on any atom is -0.507 e. The molecule has 1 aliphatic rings. The van der Waals surface area contributed by atoms with Crippen molar-refractivity contribution in [1.29, 1.82) is 0 Å². The minimum absolute atomic E-state index is 0.0822. The topological polar surface area (TPSA) is 123 Å². The summed E-state index contributed by atoms with van der Waals surface area (Å²) in [6, 6.07) is 2.66. The van der Waals surface area contributed by atoms with Crippen LogP contribution in [0.15, 0.2) is 17.1 Å². The number of nitrogens with zero attached hydrogens (tertiary/aromatic N) is 1. The Morgan fingerprint density at radius 2 is 1.61 bits per heavy atom. The number of aliphatic hydroxyl groups is 4. The van der Waals surface area contributed by atoms with E-state index < -0.39 is 37.3 Å². The molecule has 5 atom stereocenters. The highest BCUT2D eigenvalue weighted by molar-refractivity contribution is 5.85. The minimum atomic E-state index is -1.48. The van der Waals surface area contributed by atoms with Gasteiger partial charge in [-0.3, -0.25) is 4.99 Å². The second-order valence-corrected chi connectivity index (χ2v) is 9.46. The molecule has 1 saturated heterocycles. The third-order valence-electron chi connectivity index (χ3n) is 5.07. The molecule has 0 unspecified atom stereocenters. The van der Waals surface area contributed by atoms with Crippen LogP contribution in [0, 0.1) is 0 Å². The molecule has 7 nitrogen and oxygen atoms in total. The first-order chi connectivity index (χ1) is 12.8. The van der Waals surface area contributed by atoms with Crippen LogP contribution in [0.25, 0.3) is 0 Å². The molecule has 158 valence electrons. The van der Waals surface area contributed by atoms with Crippen molar-refractivity contribution in [2.24, 2.45) is 4.99 Å². The first-order valence-corrected chi connectivity index (χ1v) is 9.49. The Morgan fingerprint density at radius 1 is 1.00 bits per heavy atom. The van der Waals surface area contributed by atoms with Crippen molar-refractivity contribution < 1.29 is 30.3 Å². The van der Waals surface area contributed by atoms with Crippen LogP contribution in [0.1, 0.15) is 58.2 Å². The summed E-state index contributed by atoms with van der Waals surface area (Å²) in [6.45, 7) is 11.7. The molecule has 0 saturated carbocycles. The van der Waals surface area contributed by atoms with Gasteiger partial charge in [0.05, 0.1) is 6.61 Å². The molecule has 0 radical (unpaired) electrons. The third kappa shape index (κ3) is 4.72. The quantitative estimate of drug-likeness (QED) is 0.490. The summed E-state index contributed by atoms with van der Waals surface area (Å²) in [7, 11) is 0. The van der Waals surface area contributed by atoms with E-state index >= 15 is 0 Å². The second-order valence-electron chi connectivity index (χ2n) is 9.46. The highest BCUT2D eigenvalue weighted by Gasteiger charge is 2.43. The average molecular weight is 395 g/mol. The summed E-state index contributed by atoms with van der Waals surface area (Å²) < 4.78 is 5.12. The first kappa shape index (κ1) is 22.8. The van der Waals surface area contributed by atoms with E-state index in [4.69, 9.17) is 9.84 Å². The van der Waals surface area contributed by atoms with Gasteiger partial charge in [0.1, 0.15) is 30.1 Å². The van der Waals surface area contributed by atoms with Gasteiger partial charge >= 0.3 is 0 Å². The van der Waals surface area contributed by atoms with Crippen LogP contribution in [-0.4, -0.2) is 69.0 Å². The SMILES string of the molecule is CC(C)(C)c1cc(C=N[C@@H]2[C@@H](O)[C@H](O)[C@@H](CO)O[C@@H]2O)c(O)c(C(C)(C)C)c1. The van der Waals surface area contributed by atoms with Crippen molar-refractivity contribution in [2.75, 3.05) is 6.61 Å². The van der Waals surface area contributed by atoms with E-state index in [9.17, 15) is 20.4 Å². The van der Waals surface area contributed by atoms with Crippen LogP contribution in [0.4, 0.5) is 0 Å². The Kier molecular flexibility index (Phi) is 6.57. The maximum absolute atomic E-state index is 10.8. The number of hydrogen-bond donors (Lipinski definition) is 5. The fraction of sp³-hybridized carbons (Fsp3) is 0.667. The molecule has 1 aromatic carbocycles. The van der Waals surface area contributed by atoms with Crippen molar-refractivity contribution in [3.63, 3.8) is 0 Å². The van der Waals surface area contributed by atoms with E-state index in [0.717, 1.165) is 11.1 Å². The maximum Gasteiger partial charge on any atom is 0.180 e. The number of aliphatic hydroxyl groups excluding tert-OH is 4. The zero-order valence-electron chi connectivity index (χ0n) is 17.4. The molecule has 0 bridgehead atoms. The highest BCUT2D eigenvalue weighted by atomic mass is 16.6. The van der Waals surface area contributed by atoms with Gasteiger partial charge in [-0.15, -0.1) is 0 Å². The van der Waals surface area contributed by atoms with Crippen LogP contribution < -0.4 is 0 Å². The van der Waals surface area contributed by atoms with Crippen LogP contribution >= 0.6 is 0 Å². The Labute approximate surface area is 166 Å². The van der Waals surface area contributed by atoms with E-state index in [-0.39, 0.29) is 16.6 Å². The molecule has 1 fully saturated rings. The molecule has 1 heterocycles. The normalized spacial score (nSPS) is 29.4. The van der Waals surface area contributed by atoms with Crippen molar-refractivity contribution in [2.45, 2.75) is 83.0 Å². The standard InChI is InChI=1S/C21H33NO6/c1-20(2,3)12-7-11(16(24)13(8-12)21(4,5)6)9-22-15-18(26)17(25)14(10-23)28-19(15)27/h7-9,14-15,17-19,23-27H,10H2,1-6H3/t14-,15-,17-,18-,19+/m1/s1. The van der Waals surface area contributed by atoms with E-state index in [2.05, 4.69) is 25.8 Å². The zero-order valence-corrected chi connectivity index (χ0v) is 17.4. The molecular weight excluding hydrogens is 362 g/mol. The van der Waals surface area contributed by atoms with Gasteiger partial charge < -0.3 is 30.3 Å². The molecular formula is C21H33NO6. The Bertz CT molecular complexity index is 719. The van der Waals surface area contributed by atoms with Gasteiger partial charge in [-0.1, -0.05) is 47.6 Å². The zero-order chi connectivity index (χ0) is 21.4. The molecule has 1 aromatic rings. The lowest BCUT2D eigenvalue weighted by Crippen LogP contribution is -2.57. The van der Waals surface area contributed by atoms with Gasteiger partial charge in [0.15, 0.2) is 6.29 Å². The second kappa shape index (κ2) is 8.08. The predicted octanol–water partition coefficient (Wildman–Crippen LogP) is 1.21. The van der Waals surface area contributed by atoms with E-state index in [1.54, 1.807) is 0 Å². The van der Waals surface area contributed by atoms with Gasteiger partial charge in [-0.25, -0.2) is 0 Å². The Balaban J connectivity index is 2.45. The molecule has 5 N–H and O–H groups in total.